The van der Waals surface area contributed by atoms with Gasteiger partial charge in [0.05, 0.1) is 19.9 Å². The van der Waals surface area contributed by atoms with E-state index >= 15 is 0 Å². The van der Waals surface area contributed by atoms with E-state index in [2.05, 4.69) is 0 Å². The van der Waals surface area contributed by atoms with Crippen molar-refractivity contribution >= 4 is 5.69 Å². The van der Waals surface area contributed by atoms with Crippen LogP contribution in [0.4, 0.5) is 10.1 Å². The molecule has 0 amide bonds. The van der Waals surface area contributed by atoms with Crippen LogP contribution in [0.25, 0.3) is 0 Å². The van der Waals surface area contributed by atoms with E-state index in [1.54, 1.807) is 12.1 Å². The SMILES string of the molecule is CON(OC)c1ccc(F)cc1. The molecule has 0 bridgehead atoms. The third-order valence-corrected chi connectivity index (χ3v) is 1.37. The summed E-state index contributed by atoms with van der Waals surface area (Å²) in [6.07, 6.45) is 0. The zero-order valence-corrected chi connectivity index (χ0v) is 6.95. The number of anilines is 1. The average Bonchev–Trinajstić information content (AvgIpc) is 2.10. The Balaban J connectivity index is 2.80. The molecular formula is C8H10FNO2. The van der Waals surface area contributed by atoms with Crippen LogP contribution in [0.2, 0.25) is 0 Å². The lowest BCUT2D eigenvalue weighted by molar-refractivity contribution is -0.0433. The lowest BCUT2D eigenvalue weighted by Crippen LogP contribution is -2.19. The molecule has 0 aliphatic heterocycles. The van der Waals surface area contributed by atoms with Crippen LogP contribution in [0.3, 0.4) is 0 Å². The van der Waals surface area contributed by atoms with Gasteiger partial charge in [0.25, 0.3) is 0 Å². The summed E-state index contributed by atoms with van der Waals surface area (Å²) in [5.74, 6) is -0.286. The molecule has 66 valence electrons. The zero-order valence-electron chi connectivity index (χ0n) is 6.95. The van der Waals surface area contributed by atoms with Gasteiger partial charge in [-0.1, -0.05) is 0 Å². The Bertz CT molecular complexity index is 233. The van der Waals surface area contributed by atoms with Crippen LogP contribution in [0, 0.1) is 5.82 Å². The van der Waals surface area contributed by atoms with Crippen molar-refractivity contribution in [1.29, 1.82) is 0 Å². The van der Waals surface area contributed by atoms with Crippen molar-refractivity contribution in [2.24, 2.45) is 0 Å². The van der Waals surface area contributed by atoms with Crippen LogP contribution < -0.4 is 5.23 Å². The van der Waals surface area contributed by atoms with Crippen molar-refractivity contribution in [3.63, 3.8) is 0 Å². The number of hydrogen-bond acceptors (Lipinski definition) is 3. The summed E-state index contributed by atoms with van der Waals surface area (Å²) in [6, 6.07) is 5.78. The molecule has 0 aromatic heterocycles. The van der Waals surface area contributed by atoms with Gasteiger partial charge in [0, 0.05) is 0 Å². The highest BCUT2D eigenvalue weighted by molar-refractivity contribution is 5.41. The summed E-state index contributed by atoms with van der Waals surface area (Å²) in [7, 11) is 2.93. The molecule has 4 heteroatoms. The Labute approximate surface area is 70.2 Å². The van der Waals surface area contributed by atoms with Crippen LogP contribution in [0.1, 0.15) is 0 Å². The lowest BCUT2D eigenvalue weighted by atomic mass is 10.3. The number of hydrogen-bond donors (Lipinski definition) is 0. The molecule has 0 atom stereocenters. The average molecular weight is 171 g/mol. The Morgan fingerprint density at radius 1 is 1.08 bits per heavy atom. The van der Waals surface area contributed by atoms with Crippen molar-refractivity contribution < 1.29 is 14.1 Å². The quantitative estimate of drug-likeness (QED) is 0.647. The minimum absolute atomic E-state index is 0.286. The Morgan fingerprint density at radius 2 is 1.58 bits per heavy atom. The molecule has 0 N–H and O–H groups in total. The summed E-state index contributed by atoms with van der Waals surface area (Å²) in [5.41, 5.74) is 0.640. The summed E-state index contributed by atoms with van der Waals surface area (Å²) in [4.78, 5) is 9.63. The molecule has 0 fully saturated rings. The normalized spacial score (nSPS) is 9.92. The summed E-state index contributed by atoms with van der Waals surface area (Å²) in [5, 5.41) is 1.18. The van der Waals surface area contributed by atoms with Crippen molar-refractivity contribution in [2.75, 3.05) is 19.4 Å². The molecule has 1 rings (SSSR count). The molecule has 1 aromatic carbocycles. The van der Waals surface area contributed by atoms with E-state index < -0.39 is 0 Å². The Kier molecular flexibility index (Phi) is 3.01. The standard InChI is InChI=1S/C8H10FNO2/c1-11-10(12-2)8-5-3-7(9)4-6-8/h3-6H,1-2H3. The fourth-order valence-corrected chi connectivity index (χ4v) is 0.848. The van der Waals surface area contributed by atoms with E-state index in [1.165, 1.54) is 31.6 Å². The molecule has 0 saturated carbocycles. The van der Waals surface area contributed by atoms with Crippen LogP contribution >= 0.6 is 0 Å². The topological polar surface area (TPSA) is 21.7 Å². The molecule has 0 aliphatic rings. The second kappa shape index (κ2) is 4.04. The predicted octanol–water partition coefficient (Wildman–Crippen LogP) is 1.75. The van der Waals surface area contributed by atoms with E-state index in [-0.39, 0.29) is 5.82 Å². The molecule has 3 nitrogen and oxygen atoms in total. The molecule has 0 radical (unpaired) electrons. The smallest absolute Gasteiger partial charge is 0.123 e. The van der Waals surface area contributed by atoms with Crippen LogP contribution in [-0.2, 0) is 9.68 Å². The van der Waals surface area contributed by atoms with E-state index in [9.17, 15) is 4.39 Å². The monoisotopic (exact) mass is 171 g/mol. The predicted molar refractivity (Wildman–Crippen MR) is 42.9 cm³/mol. The molecule has 0 unspecified atom stereocenters. The number of benzene rings is 1. The van der Waals surface area contributed by atoms with Crippen molar-refractivity contribution in [3.8, 4) is 0 Å². The van der Waals surface area contributed by atoms with Gasteiger partial charge in [-0.3, -0.25) is 9.68 Å². The first-order chi connectivity index (χ1) is 5.77. The highest BCUT2D eigenvalue weighted by Crippen LogP contribution is 2.14. The Hall–Kier alpha value is -1.13. The number of nitrogens with zero attached hydrogens (tertiary/aromatic N) is 1. The van der Waals surface area contributed by atoms with Crippen molar-refractivity contribution in [2.45, 2.75) is 0 Å². The van der Waals surface area contributed by atoms with E-state index in [1.807, 2.05) is 0 Å². The van der Waals surface area contributed by atoms with Gasteiger partial charge in [-0.15, -0.1) is 5.23 Å². The third-order valence-electron chi connectivity index (χ3n) is 1.37. The van der Waals surface area contributed by atoms with Gasteiger partial charge in [0.15, 0.2) is 0 Å². The highest BCUT2D eigenvalue weighted by Gasteiger charge is 2.02. The fourth-order valence-electron chi connectivity index (χ4n) is 0.848. The first kappa shape index (κ1) is 8.96. The number of rotatable bonds is 3. The first-order valence-electron chi connectivity index (χ1n) is 3.42. The summed E-state index contributed by atoms with van der Waals surface area (Å²) >= 11 is 0. The maximum Gasteiger partial charge on any atom is 0.123 e. The second-order valence-electron chi connectivity index (χ2n) is 2.10. The van der Waals surface area contributed by atoms with E-state index in [4.69, 9.17) is 9.68 Å². The Morgan fingerprint density at radius 3 is 2.00 bits per heavy atom. The molecule has 1 aromatic rings. The maximum atomic E-state index is 12.5. The largest absolute Gasteiger partial charge is 0.252 e. The van der Waals surface area contributed by atoms with Gasteiger partial charge in [-0.25, -0.2) is 4.39 Å². The van der Waals surface area contributed by atoms with Crippen LogP contribution in [0.5, 0.6) is 0 Å². The third kappa shape index (κ3) is 1.93. The second-order valence-corrected chi connectivity index (χ2v) is 2.10. The van der Waals surface area contributed by atoms with Crippen molar-refractivity contribution in [1.82, 2.24) is 0 Å². The van der Waals surface area contributed by atoms with Crippen molar-refractivity contribution in [3.05, 3.63) is 30.1 Å². The lowest BCUT2D eigenvalue weighted by Gasteiger charge is -2.17. The van der Waals surface area contributed by atoms with Gasteiger partial charge in [-0.05, 0) is 24.3 Å². The summed E-state index contributed by atoms with van der Waals surface area (Å²) in [6.45, 7) is 0. The molecule has 12 heavy (non-hydrogen) atoms. The molecular weight excluding hydrogens is 161 g/mol. The van der Waals surface area contributed by atoms with Gasteiger partial charge < -0.3 is 0 Å². The van der Waals surface area contributed by atoms with Gasteiger partial charge >= 0.3 is 0 Å². The minimum atomic E-state index is -0.286. The highest BCUT2D eigenvalue weighted by atomic mass is 19.1. The van der Waals surface area contributed by atoms with Gasteiger partial charge in [-0.2, -0.15) is 0 Å². The molecule has 0 aliphatic carbocycles. The molecule has 0 heterocycles. The van der Waals surface area contributed by atoms with E-state index in [0.717, 1.165) is 0 Å². The summed E-state index contributed by atoms with van der Waals surface area (Å²) < 4.78 is 12.5. The molecule has 0 saturated heterocycles. The van der Waals surface area contributed by atoms with E-state index in [0.29, 0.717) is 5.69 Å². The van der Waals surface area contributed by atoms with Crippen LogP contribution in [-0.4, -0.2) is 14.2 Å². The molecule has 0 spiro atoms. The van der Waals surface area contributed by atoms with Gasteiger partial charge in [0.1, 0.15) is 5.82 Å². The fraction of sp³-hybridized carbons (Fsp3) is 0.250. The zero-order chi connectivity index (χ0) is 8.97. The first-order valence-corrected chi connectivity index (χ1v) is 3.42. The minimum Gasteiger partial charge on any atom is -0.252 e. The maximum absolute atomic E-state index is 12.5. The van der Waals surface area contributed by atoms with Gasteiger partial charge in [0.2, 0.25) is 0 Å². The van der Waals surface area contributed by atoms with Crippen LogP contribution in [0.15, 0.2) is 24.3 Å². The number of halogens is 1.